The van der Waals surface area contributed by atoms with Gasteiger partial charge in [-0.05, 0) is 42.0 Å². The SMILES string of the molecule is ClC(=Cc1ccc(Cl)cc1Cl)C(Cl)=Cc1c(Cl)cccc1Cl. The third-order valence-electron chi connectivity index (χ3n) is 2.74. The Kier molecular flexibility index (Phi) is 6.52. The molecule has 0 aliphatic carbocycles. The average Bonchev–Trinajstić information content (AvgIpc) is 2.45. The van der Waals surface area contributed by atoms with Crippen molar-refractivity contribution in [2.45, 2.75) is 0 Å². The highest BCUT2D eigenvalue weighted by atomic mass is 35.5. The second-order valence-electron chi connectivity index (χ2n) is 4.29. The highest BCUT2D eigenvalue weighted by Crippen LogP contribution is 2.32. The molecule has 2 aromatic carbocycles. The average molecular weight is 413 g/mol. The van der Waals surface area contributed by atoms with Crippen LogP contribution in [0.25, 0.3) is 12.2 Å². The zero-order valence-electron chi connectivity index (χ0n) is 10.9. The van der Waals surface area contributed by atoms with Crippen LogP contribution in [0.3, 0.4) is 0 Å². The van der Waals surface area contributed by atoms with Crippen molar-refractivity contribution in [2.24, 2.45) is 0 Å². The minimum absolute atomic E-state index is 0.294. The summed E-state index contributed by atoms with van der Waals surface area (Å²) in [5.74, 6) is 0. The molecular formula is C16H8Cl6. The van der Waals surface area contributed by atoms with Gasteiger partial charge in [0.25, 0.3) is 0 Å². The van der Waals surface area contributed by atoms with Crippen molar-refractivity contribution in [3.63, 3.8) is 0 Å². The molecule has 0 radical (unpaired) electrons. The maximum atomic E-state index is 6.22. The van der Waals surface area contributed by atoms with Crippen LogP contribution < -0.4 is 0 Å². The van der Waals surface area contributed by atoms with Gasteiger partial charge in [0.15, 0.2) is 0 Å². The van der Waals surface area contributed by atoms with Crippen LogP contribution in [-0.2, 0) is 0 Å². The number of hydrogen-bond donors (Lipinski definition) is 0. The number of allylic oxidation sites excluding steroid dienone is 2. The van der Waals surface area contributed by atoms with E-state index >= 15 is 0 Å². The number of hydrogen-bond acceptors (Lipinski definition) is 0. The van der Waals surface area contributed by atoms with E-state index < -0.39 is 0 Å². The van der Waals surface area contributed by atoms with E-state index in [4.69, 9.17) is 69.6 Å². The van der Waals surface area contributed by atoms with Gasteiger partial charge in [0.05, 0.1) is 10.1 Å². The van der Waals surface area contributed by atoms with E-state index in [2.05, 4.69) is 0 Å². The van der Waals surface area contributed by atoms with Gasteiger partial charge in [-0.25, -0.2) is 0 Å². The van der Waals surface area contributed by atoms with Crippen LogP contribution in [0.2, 0.25) is 20.1 Å². The summed E-state index contributed by atoms with van der Waals surface area (Å²) in [5.41, 5.74) is 1.30. The van der Waals surface area contributed by atoms with E-state index in [9.17, 15) is 0 Å². The van der Waals surface area contributed by atoms with Crippen molar-refractivity contribution < 1.29 is 0 Å². The van der Waals surface area contributed by atoms with Crippen molar-refractivity contribution in [1.29, 1.82) is 0 Å². The Labute approximate surface area is 158 Å². The van der Waals surface area contributed by atoms with E-state index in [-0.39, 0.29) is 0 Å². The summed E-state index contributed by atoms with van der Waals surface area (Å²) in [6.45, 7) is 0. The summed E-state index contributed by atoms with van der Waals surface area (Å²) < 4.78 is 0. The van der Waals surface area contributed by atoms with Crippen molar-refractivity contribution in [1.82, 2.24) is 0 Å². The lowest BCUT2D eigenvalue weighted by Crippen LogP contribution is -1.82. The first-order valence-electron chi connectivity index (χ1n) is 6.02. The van der Waals surface area contributed by atoms with Crippen LogP contribution in [-0.4, -0.2) is 0 Å². The first-order valence-corrected chi connectivity index (χ1v) is 8.29. The van der Waals surface area contributed by atoms with Gasteiger partial charge < -0.3 is 0 Å². The molecule has 6 heteroatoms. The molecule has 0 saturated heterocycles. The standard InChI is InChI=1S/C16H8Cl6/c17-10-5-4-9(14(20)7-10)6-15(21)16(22)8-11-12(18)2-1-3-13(11)19/h1-8H. The van der Waals surface area contributed by atoms with Crippen LogP contribution in [0, 0.1) is 0 Å². The maximum Gasteiger partial charge on any atom is 0.0599 e. The largest absolute Gasteiger partial charge is 0.0843 e. The highest BCUT2D eigenvalue weighted by molar-refractivity contribution is 6.47. The van der Waals surface area contributed by atoms with Gasteiger partial charge in [-0.15, -0.1) is 0 Å². The van der Waals surface area contributed by atoms with E-state index in [1.165, 1.54) is 0 Å². The summed E-state index contributed by atoms with van der Waals surface area (Å²) in [6, 6.07) is 10.3. The highest BCUT2D eigenvalue weighted by Gasteiger charge is 2.07. The van der Waals surface area contributed by atoms with E-state index in [1.54, 1.807) is 48.6 Å². The molecule has 22 heavy (non-hydrogen) atoms. The summed E-state index contributed by atoms with van der Waals surface area (Å²) in [5, 5.41) is 2.59. The molecule has 0 bridgehead atoms. The van der Waals surface area contributed by atoms with Gasteiger partial charge in [0.2, 0.25) is 0 Å². The molecule has 0 atom stereocenters. The summed E-state index contributed by atoms with van der Waals surface area (Å²) >= 11 is 36.6. The van der Waals surface area contributed by atoms with E-state index in [0.29, 0.717) is 41.3 Å². The van der Waals surface area contributed by atoms with Crippen LogP contribution in [0.5, 0.6) is 0 Å². The van der Waals surface area contributed by atoms with Crippen LogP contribution in [0.1, 0.15) is 11.1 Å². The first kappa shape index (κ1) is 18.0. The molecule has 114 valence electrons. The number of benzene rings is 2. The van der Waals surface area contributed by atoms with Gasteiger partial charge in [-0.3, -0.25) is 0 Å². The lowest BCUT2D eigenvalue weighted by atomic mass is 10.1. The van der Waals surface area contributed by atoms with Crippen molar-refractivity contribution >= 4 is 81.8 Å². The van der Waals surface area contributed by atoms with Gasteiger partial charge in [-0.2, -0.15) is 0 Å². The molecule has 0 N–H and O–H groups in total. The number of halogens is 6. The summed E-state index contributed by atoms with van der Waals surface area (Å²) in [7, 11) is 0. The van der Waals surface area contributed by atoms with Crippen molar-refractivity contribution in [3.05, 3.63) is 77.7 Å². The molecule has 0 heterocycles. The summed E-state index contributed by atoms with van der Waals surface area (Å²) in [6.07, 6.45) is 3.25. The smallest absolute Gasteiger partial charge is 0.0599 e. The second kappa shape index (κ2) is 7.97. The third kappa shape index (κ3) is 4.58. The quantitative estimate of drug-likeness (QED) is 0.446. The van der Waals surface area contributed by atoms with Gasteiger partial charge in [-0.1, -0.05) is 81.7 Å². The Morgan fingerprint density at radius 3 is 1.91 bits per heavy atom. The molecule has 0 nitrogen and oxygen atoms in total. The van der Waals surface area contributed by atoms with Gasteiger partial charge in [0, 0.05) is 25.7 Å². The second-order valence-corrected chi connectivity index (χ2v) is 6.76. The van der Waals surface area contributed by atoms with Crippen LogP contribution in [0.15, 0.2) is 46.5 Å². The first-order chi connectivity index (χ1) is 10.4. The molecule has 2 aromatic rings. The van der Waals surface area contributed by atoms with Crippen LogP contribution in [0.4, 0.5) is 0 Å². The zero-order chi connectivity index (χ0) is 16.3. The number of rotatable bonds is 3. The van der Waals surface area contributed by atoms with Gasteiger partial charge in [0.1, 0.15) is 0 Å². The monoisotopic (exact) mass is 410 g/mol. The minimum atomic E-state index is 0.294. The lowest BCUT2D eigenvalue weighted by Gasteiger charge is -2.04. The molecule has 0 amide bonds. The normalized spacial score (nSPS) is 12.6. The molecule has 0 aliphatic rings. The Balaban J connectivity index is 2.37. The lowest BCUT2D eigenvalue weighted by molar-refractivity contribution is 1.63. The zero-order valence-corrected chi connectivity index (χ0v) is 15.4. The Morgan fingerprint density at radius 2 is 1.32 bits per heavy atom. The predicted octanol–water partition coefficient (Wildman–Crippen LogP) is 8.16. The van der Waals surface area contributed by atoms with Crippen molar-refractivity contribution in [3.8, 4) is 0 Å². The molecule has 2 rings (SSSR count). The topological polar surface area (TPSA) is 0 Å². The molecule has 0 fully saturated rings. The Bertz CT molecular complexity index is 741. The molecule has 0 aromatic heterocycles. The van der Waals surface area contributed by atoms with Gasteiger partial charge >= 0.3 is 0 Å². The molecular weight excluding hydrogens is 405 g/mol. The fraction of sp³-hybridized carbons (Fsp3) is 0. The maximum absolute atomic E-state index is 6.22. The molecule has 0 unspecified atom stereocenters. The third-order valence-corrected chi connectivity index (χ3v) is 4.69. The Morgan fingerprint density at radius 1 is 0.727 bits per heavy atom. The minimum Gasteiger partial charge on any atom is -0.0843 e. The molecule has 0 saturated carbocycles. The van der Waals surface area contributed by atoms with E-state index in [0.717, 1.165) is 0 Å². The fourth-order valence-corrected chi connectivity index (χ4v) is 2.97. The van der Waals surface area contributed by atoms with Crippen molar-refractivity contribution in [2.75, 3.05) is 0 Å². The van der Waals surface area contributed by atoms with E-state index in [1.807, 2.05) is 0 Å². The fourth-order valence-electron chi connectivity index (χ4n) is 1.67. The molecule has 0 aliphatic heterocycles. The Hall–Kier alpha value is -0.340. The molecule has 0 spiro atoms. The van der Waals surface area contributed by atoms with Crippen LogP contribution >= 0.6 is 69.6 Å². The predicted molar refractivity (Wildman–Crippen MR) is 101 cm³/mol. The summed E-state index contributed by atoms with van der Waals surface area (Å²) in [4.78, 5) is 0.